The molecule has 6 atom stereocenters. The van der Waals surface area contributed by atoms with Gasteiger partial charge in [0.1, 0.15) is 0 Å². The van der Waals surface area contributed by atoms with Crippen LogP contribution in [0.3, 0.4) is 0 Å². The van der Waals surface area contributed by atoms with Gasteiger partial charge in [0, 0.05) is 11.3 Å². The largest absolute Gasteiger partial charge is 0.352 e. The molecule has 4 aliphatic rings. The van der Waals surface area contributed by atoms with Gasteiger partial charge in [-0.1, -0.05) is 39.3 Å². The molecule has 1 heterocycles. The van der Waals surface area contributed by atoms with Crippen molar-refractivity contribution >= 4 is 0 Å². The van der Waals surface area contributed by atoms with Crippen molar-refractivity contribution in [2.75, 3.05) is 13.2 Å². The zero-order valence-electron chi connectivity index (χ0n) is 13.8. The second-order valence-electron chi connectivity index (χ2n) is 8.42. The first-order chi connectivity index (χ1) is 10.1. The quantitative estimate of drug-likeness (QED) is 0.723. The second-order valence-corrected chi connectivity index (χ2v) is 8.42. The lowest BCUT2D eigenvalue weighted by Crippen LogP contribution is -2.47. The highest BCUT2D eigenvalue weighted by Gasteiger charge is 2.55. The Balaban J connectivity index is 1.40. The van der Waals surface area contributed by atoms with Crippen molar-refractivity contribution in [3.8, 4) is 0 Å². The number of rotatable bonds is 3. The highest BCUT2D eigenvalue weighted by Crippen LogP contribution is 2.60. The molecule has 0 spiro atoms. The topological polar surface area (TPSA) is 18.5 Å². The maximum Gasteiger partial charge on any atom is 0.160 e. The van der Waals surface area contributed by atoms with E-state index < -0.39 is 0 Å². The maximum absolute atomic E-state index is 6.26. The molecule has 6 unspecified atom stereocenters. The minimum Gasteiger partial charge on any atom is -0.352 e. The van der Waals surface area contributed by atoms with E-state index in [1.807, 2.05) is 0 Å². The van der Waals surface area contributed by atoms with E-state index in [-0.39, 0.29) is 11.7 Å². The summed E-state index contributed by atoms with van der Waals surface area (Å²) in [6.45, 7) is 8.69. The predicted octanol–water partition coefficient (Wildman–Crippen LogP) is 4.26. The number of fused-ring (bicyclic) bond motifs is 5. The molecule has 0 N–H and O–H groups in total. The SMILES string of the molecule is CCC(C)C1(C)COC(C2CC3CC2C2C=CCC32)OC1. The zero-order chi connectivity index (χ0) is 14.6. The van der Waals surface area contributed by atoms with Crippen LogP contribution in [0.5, 0.6) is 0 Å². The van der Waals surface area contributed by atoms with E-state index in [4.69, 9.17) is 9.47 Å². The molecule has 0 radical (unpaired) electrons. The van der Waals surface area contributed by atoms with Gasteiger partial charge >= 0.3 is 0 Å². The average molecular weight is 290 g/mol. The molecule has 118 valence electrons. The highest BCUT2D eigenvalue weighted by atomic mass is 16.7. The van der Waals surface area contributed by atoms with Gasteiger partial charge in [0.2, 0.25) is 0 Å². The normalized spacial score (nSPS) is 53.1. The fourth-order valence-corrected chi connectivity index (χ4v) is 5.57. The van der Waals surface area contributed by atoms with E-state index in [1.54, 1.807) is 0 Å². The summed E-state index contributed by atoms with van der Waals surface area (Å²) in [5, 5.41) is 0. The lowest BCUT2D eigenvalue weighted by atomic mass is 9.74. The highest BCUT2D eigenvalue weighted by molar-refractivity contribution is 5.14. The molecule has 2 saturated carbocycles. The number of hydrogen-bond acceptors (Lipinski definition) is 2. The lowest BCUT2D eigenvalue weighted by Gasteiger charge is -2.45. The van der Waals surface area contributed by atoms with Crippen LogP contribution >= 0.6 is 0 Å². The predicted molar refractivity (Wildman–Crippen MR) is 83.7 cm³/mol. The van der Waals surface area contributed by atoms with E-state index in [1.165, 1.54) is 25.7 Å². The molecule has 0 aromatic rings. The van der Waals surface area contributed by atoms with Gasteiger partial charge < -0.3 is 9.47 Å². The third kappa shape index (κ3) is 2.13. The summed E-state index contributed by atoms with van der Waals surface area (Å²) in [6.07, 6.45) is 10.3. The maximum atomic E-state index is 6.26. The molecule has 4 rings (SSSR count). The van der Waals surface area contributed by atoms with Crippen molar-refractivity contribution < 1.29 is 9.47 Å². The monoisotopic (exact) mass is 290 g/mol. The molecule has 1 saturated heterocycles. The van der Waals surface area contributed by atoms with Gasteiger partial charge in [-0.2, -0.15) is 0 Å². The van der Waals surface area contributed by atoms with Crippen molar-refractivity contribution in [2.45, 2.75) is 52.7 Å². The van der Waals surface area contributed by atoms with Crippen LogP contribution in [-0.2, 0) is 9.47 Å². The minimum atomic E-state index is 0.0760. The number of ether oxygens (including phenoxy) is 2. The summed E-state index contributed by atoms with van der Waals surface area (Å²) in [5.74, 6) is 4.89. The Bertz CT molecular complexity index is 421. The second kappa shape index (κ2) is 5.09. The van der Waals surface area contributed by atoms with Gasteiger partial charge in [-0.05, 0) is 48.9 Å². The summed E-state index contributed by atoms with van der Waals surface area (Å²) >= 11 is 0. The van der Waals surface area contributed by atoms with Crippen LogP contribution in [-0.4, -0.2) is 19.5 Å². The molecule has 0 aromatic heterocycles. The Morgan fingerprint density at radius 1 is 1.14 bits per heavy atom. The van der Waals surface area contributed by atoms with E-state index >= 15 is 0 Å². The van der Waals surface area contributed by atoms with Crippen molar-refractivity contribution in [2.24, 2.45) is 40.9 Å². The molecule has 3 fully saturated rings. The Morgan fingerprint density at radius 3 is 2.57 bits per heavy atom. The molecule has 3 aliphatic carbocycles. The smallest absolute Gasteiger partial charge is 0.160 e. The molecule has 1 aliphatic heterocycles. The Morgan fingerprint density at radius 2 is 1.86 bits per heavy atom. The van der Waals surface area contributed by atoms with Crippen LogP contribution in [0.4, 0.5) is 0 Å². The molecular formula is C19H30O2. The molecule has 2 heteroatoms. The van der Waals surface area contributed by atoms with E-state index in [2.05, 4.69) is 32.9 Å². The standard InChI is InChI=1S/C19H30O2/c1-4-12(2)19(3)10-20-18(21-11-19)17-9-13-8-16(17)15-7-5-6-14(13)15/h5,7,12-18H,4,6,8-11H2,1-3H3. The molecule has 2 nitrogen and oxygen atoms in total. The minimum absolute atomic E-state index is 0.0760. The van der Waals surface area contributed by atoms with Crippen molar-refractivity contribution in [1.29, 1.82) is 0 Å². The van der Waals surface area contributed by atoms with Gasteiger partial charge in [-0.25, -0.2) is 0 Å². The average Bonchev–Trinajstić information content (AvgIpc) is 3.19. The van der Waals surface area contributed by atoms with E-state index in [0.717, 1.165) is 36.9 Å². The van der Waals surface area contributed by atoms with Crippen LogP contribution in [0.1, 0.15) is 46.5 Å². The summed E-state index contributed by atoms with van der Waals surface area (Å²) in [6, 6.07) is 0. The fourth-order valence-electron chi connectivity index (χ4n) is 5.57. The molecular weight excluding hydrogens is 260 g/mol. The lowest BCUT2D eigenvalue weighted by molar-refractivity contribution is -0.263. The first-order valence-electron chi connectivity index (χ1n) is 9.02. The first kappa shape index (κ1) is 14.3. The fraction of sp³-hybridized carbons (Fsp3) is 0.895. The van der Waals surface area contributed by atoms with Gasteiger partial charge in [-0.3, -0.25) is 0 Å². The van der Waals surface area contributed by atoms with Crippen LogP contribution in [0.15, 0.2) is 12.2 Å². The molecule has 0 amide bonds. The molecule has 2 bridgehead atoms. The van der Waals surface area contributed by atoms with Crippen LogP contribution < -0.4 is 0 Å². The van der Waals surface area contributed by atoms with Crippen molar-refractivity contribution in [3.63, 3.8) is 0 Å². The molecule has 21 heavy (non-hydrogen) atoms. The van der Waals surface area contributed by atoms with Crippen molar-refractivity contribution in [3.05, 3.63) is 12.2 Å². The van der Waals surface area contributed by atoms with E-state index in [9.17, 15) is 0 Å². The van der Waals surface area contributed by atoms with Crippen LogP contribution in [0.25, 0.3) is 0 Å². The summed E-state index contributed by atoms with van der Waals surface area (Å²) in [7, 11) is 0. The number of hydrogen-bond donors (Lipinski definition) is 0. The summed E-state index contributed by atoms with van der Waals surface area (Å²) in [5.41, 5.74) is 0.207. The van der Waals surface area contributed by atoms with Gasteiger partial charge in [-0.15, -0.1) is 0 Å². The van der Waals surface area contributed by atoms with Crippen LogP contribution in [0.2, 0.25) is 0 Å². The zero-order valence-corrected chi connectivity index (χ0v) is 13.8. The third-order valence-electron chi connectivity index (χ3n) is 7.37. The summed E-state index contributed by atoms with van der Waals surface area (Å²) < 4.78 is 12.5. The van der Waals surface area contributed by atoms with E-state index in [0.29, 0.717) is 11.8 Å². The number of allylic oxidation sites excluding steroid dienone is 2. The third-order valence-corrected chi connectivity index (χ3v) is 7.37. The Kier molecular flexibility index (Phi) is 3.46. The molecule has 0 aromatic carbocycles. The summed E-state index contributed by atoms with van der Waals surface area (Å²) in [4.78, 5) is 0. The van der Waals surface area contributed by atoms with Crippen LogP contribution in [0, 0.1) is 40.9 Å². The Hall–Kier alpha value is -0.340. The van der Waals surface area contributed by atoms with Gasteiger partial charge in [0.15, 0.2) is 6.29 Å². The Labute approximate surface area is 129 Å². The van der Waals surface area contributed by atoms with Crippen molar-refractivity contribution in [1.82, 2.24) is 0 Å². The van der Waals surface area contributed by atoms with Gasteiger partial charge in [0.05, 0.1) is 13.2 Å². The first-order valence-corrected chi connectivity index (χ1v) is 9.02. The van der Waals surface area contributed by atoms with Gasteiger partial charge in [0.25, 0.3) is 0 Å².